The predicted molar refractivity (Wildman–Crippen MR) is 86.2 cm³/mol. The number of thioether (sulfide) groups is 2. The molecule has 0 radical (unpaired) electrons. The topological polar surface area (TPSA) is 43.4 Å². The summed E-state index contributed by atoms with van der Waals surface area (Å²) in [6.07, 6.45) is 3.91. The van der Waals surface area contributed by atoms with Gasteiger partial charge in [0, 0.05) is 9.79 Å². The fourth-order valence-electron chi connectivity index (χ4n) is 1.66. The van der Waals surface area contributed by atoms with Crippen molar-refractivity contribution < 1.29 is 14.3 Å². The fourth-order valence-corrected chi connectivity index (χ4v) is 2.47. The molecule has 2 aromatic rings. The quantitative estimate of drug-likeness (QED) is 0.482. The number of ether oxygens (including phenoxy) is 1. The molecule has 0 saturated carbocycles. The summed E-state index contributed by atoms with van der Waals surface area (Å²) >= 11 is 3.16. The van der Waals surface area contributed by atoms with Crippen molar-refractivity contribution in [3.05, 3.63) is 59.7 Å². The predicted octanol–water partition coefficient (Wildman–Crippen LogP) is 4.13. The molecule has 0 amide bonds. The van der Waals surface area contributed by atoms with Crippen molar-refractivity contribution >= 4 is 35.5 Å². The summed E-state index contributed by atoms with van der Waals surface area (Å²) in [7, 11) is 0. The minimum atomic E-state index is -0.637. The highest BCUT2D eigenvalue weighted by Gasteiger charge is 2.14. The average Bonchev–Trinajstić information content (AvgIpc) is 2.55. The van der Waals surface area contributed by atoms with Crippen LogP contribution in [-0.4, -0.2) is 24.5 Å². The number of carbonyl (C=O) groups is 2. The van der Waals surface area contributed by atoms with Crippen LogP contribution in [0.15, 0.2) is 58.3 Å². The highest BCUT2D eigenvalue weighted by Crippen LogP contribution is 2.17. The zero-order chi connectivity index (χ0) is 15.2. The minimum absolute atomic E-state index is 0.363. The van der Waals surface area contributed by atoms with Gasteiger partial charge in [-0.3, -0.25) is 0 Å². The number of hydrogen-bond donors (Lipinski definition) is 0. The first kappa shape index (κ1) is 15.7. The largest absolute Gasteiger partial charge is 0.386 e. The summed E-state index contributed by atoms with van der Waals surface area (Å²) in [5.74, 6) is -1.27. The third-order valence-electron chi connectivity index (χ3n) is 2.84. The van der Waals surface area contributed by atoms with Gasteiger partial charge in [0.25, 0.3) is 0 Å². The lowest BCUT2D eigenvalue weighted by atomic mass is 10.2. The number of carbonyl (C=O) groups excluding carboxylic acids is 2. The first-order valence-corrected chi connectivity index (χ1v) is 8.63. The van der Waals surface area contributed by atoms with Gasteiger partial charge in [-0.25, -0.2) is 9.59 Å². The van der Waals surface area contributed by atoms with Gasteiger partial charge in [-0.2, -0.15) is 0 Å². The Hall–Kier alpha value is -1.72. The van der Waals surface area contributed by atoms with Gasteiger partial charge in [-0.1, -0.05) is 0 Å². The molecular formula is C16H14O3S2. The fraction of sp³-hybridized carbons (Fsp3) is 0.125. The van der Waals surface area contributed by atoms with Gasteiger partial charge in [0.15, 0.2) is 0 Å². The normalized spacial score (nSPS) is 10.2. The van der Waals surface area contributed by atoms with Gasteiger partial charge in [0.2, 0.25) is 0 Å². The molecule has 21 heavy (non-hydrogen) atoms. The third-order valence-corrected chi connectivity index (χ3v) is 4.32. The van der Waals surface area contributed by atoms with Crippen LogP contribution in [0, 0.1) is 0 Å². The molecule has 0 bridgehead atoms. The lowest BCUT2D eigenvalue weighted by molar-refractivity contribution is 0.0397. The lowest BCUT2D eigenvalue weighted by Gasteiger charge is -2.04. The number of hydrogen-bond acceptors (Lipinski definition) is 5. The summed E-state index contributed by atoms with van der Waals surface area (Å²) in [6.45, 7) is 0. The molecule has 0 unspecified atom stereocenters. The Morgan fingerprint density at radius 3 is 1.33 bits per heavy atom. The van der Waals surface area contributed by atoms with Gasteiger partial charge in [-0.15, -0.1) is 23.5 Å². The smallest absolute Gasteiger partial charge is 0.346 e. The van der Waals surface area contributed by atoms with Crippen molar-refractivity contribution in [2.24, 2.45) is 0 Å². The molecule has 0 aliphatic carbocycles. The van der Waals surface area contributed by atoms with E-state index in [1.807, 2.05) is 36.8 Å². The highest BCUT2D eigenvalue weighted by molar-refractivity contribution is 7.98. The van der Waals surface area contributed by atoms with Crippen molar-refractivity contribution in [1.29, 1.82) is 0 Å². The minimum Gasteiger partial charge on any atom is -0.386 e. The molecule has 0 heterocycles. The number of rotatable bonds is 4. The SMILES string of the molecule is CSc1ccc(C(=O)OC(=O)c2ccc(SC)cc2)cc1. The maximum Gasteiger partial charge on any atom is 0.346 e. The molecule has 0 aliphatic rings. The molecule has 0 fully saturated rings. The molecular weight excluding hydrogens is 304 g/mol. The van der Waals surface area contributed by atoms with Crippen LogP contribution >= 0.6 is 23.5 Å². The number of benzene rings is 2. The van der Waals surface area contributed by atoms with E-state index in [1.165, 1.54) is 0 Å². The molecule has 0 aromatic heterocycles. The average molecular weight is 318 g/mol. The Balaban J connectivity index is 2.05. The van der Waals surface area contributed by atoms with E-state index >= 15 is 0 Å². The highest BCUT2D eigenvalue weighted by atomic mass is 32.2. The molecule has 108 valence electrons. The van der Waals surface area contributed by atoms with Crippen molar-refractivity contribution in [3.8, 4) is 0 Å². The molecule has 5 heteroatoms. The molecule has 2 rings (SSSR count). The van der Waals surface area contributed by atoms with Crippen LogP contribution in [0.5, 0.6) is 0 Å². The summed E-state index contributed by atoms with van der Waals surface area (Å²) in [5.41, 5.74) is 0.726. The maximum atomic E-state index is 11.9. The first-order valence-electron chi connectivity index (χ1n) is 6.18. The molecule has 0 aliphatic heterocycles. The van der Waals surface area contributed by atoms with E-state index in [0.717, 1.165) is 9.79 Å². The summed E-state index contributed by atoms with van der Waals surface area (Å²) < 4.78 is 4.88. The van der Waals surface area contributed by atoms with E-state index in [-0.39, 0.29) is 0 Å². The zero-order valence-corrected chi connectivity index (χ0v) is 13.3. The van der Waals surface area contributed by atoms with E-state index in [0.29, 0.717) is 11.1 Å². The molecule has 2 aromatic carbocycles. The number of esters is 2. The Bertz CT molecular complexity index is 576. The third kappa shape index (κ3) is 4.12. The summed E-state index contributed by atoms with van der Waals surface area (Å²) in [6, 6.07) is 13.9. The van der Waals surface area contributed by atoms with E-state index in [2.05, 4.69) is 0 Å². The zero-order valence-electron chi connectivity index (χ0n) is 11.7. The van der Waals surface area contributed by atoms with Gasteiger partial charge in [-0.05, 0) is 61.0 Å². The van der Waals surface area contributed by atoms with Gasteiger partial charge >= 0.3 is 11.9 Å². The van der Waals surface area contributed by atoms with Crippen molar-refractivity contribution in [2.75, 3.05) is 12.5 Å². The summed E-state index contributed by atoms with van der Waals surface area (Å²) in [4.78, 5) is 25.9. The van der Waals surface area contributed by atoms with E-state index < -0.39 is 11.9 Å². The molecule has 0 spiro atoms. The molecule has 3 nitrogen and oxygen atoms in total. The van der Waals surface area contributed by atoms with Gasteiger partial charge < -0.3 is 4.74 Å². The second-order valence-corrected chi connectivity index (χ2v) is 5.89. The second-order valence-electron chi connectivity index (χ2n) is 4.13. The van der Waals surface area contributed by atoms with Crippen molar-refractivity contribution in [3.63, 3.8) is 0 Å². The monoisotopic (exact) mass is 318 g/mol. The molecule has 0 atom stereocenters. The Kier molecular flexibility index (Phi) is 5.47. The van der Waals surface area contributed by atoms with Gasteiger partial charge in [0.1, 0.15) is 0 Å². The Morgan fingerprint density at radius 2 is 1.05 bits per heavy atom. The van der Waals surface area contributed by atoms with Crippen LogP contribution in [0.2, 0.25) is 0 Å². The molecule has 0 N–H and O–H groups in total. The van der Waals surface area contributed by atoms with E-state index in [9.17, 15) is 9.59 Å². The van der Waals surface area contributed by atoms with Crippen molar-refractivity contribution in [2.45, 2.75) is 9.79 Å². The Labute approximate surface area is 132 Å². The summed E-state index contributed by atoms with van der Waals surface area (Å²) in [5, 5.41) is 0. The van der Waals surface area contributed by atoms with E-state index in [4.69, 9.17) is 4.74 Å². The maximum absolute atomic E-state index is 11.9. The van der Waals surface area contributed by atoms with Crippen LogP contribution in [-0.2, 0) is 4.74 Å². The standard InChI is InChI=1S/C16H14O3S2/c1-20-13-7-3-11(4-8-13)15(17)19-16(18)12-5-9-14(21-2)10-6-12/h3-10H,1-2H3. The van der Waals surface area contributed by atoms with Crippen LogP contribution in [0.1, 0.15) is 20.7 Å². The van der Waals surface area contributed by atoms with Crippen LogP contribution in [0.3, 0.4) is 0 Å². The molecule has 0 saturated heterocycles. The lowest BCUT2D eigenvalue weighted by Crippen LogP contribution is -2.12. The first-order chi connectivity index (χ1) is 10.1. The van der Waals surface area contributed by atoms with Crippen LogP contribution in [0.4, 0.5) is 0 Å². The van der Waals surface area contributed by atoms with Crippen molar-refractivity contribution in [1.82, 2.24) is 0 Å². The van der Waals surface area contributed by atoms with E-state index in [1.54, 1.807) is 47.8 Å². The second kappa shape index (κ2) is 7.33. The van der Waals surface area contributed by atoms with Gasteiger partial charge in [0.05, 0.1) is 11.1 Å². The Morgan fingerprint density at radius 1 is 0.714 bits per heavy atom. The van der Waals surface area contributed by atoms with Crippen LogP contribution < -0.4 is 0 Å². The van der Waals surface area contributed by atoms with Crippen LogP contribution in [0.25, 0.3) is 0 Å².